The van der Waals surface area contributed by atoms with Crippen LogP contribution in [0.2, 0.25) is 0 Å². The molecule has 1 heterocycles. The number of hydrogen-bond acceptors (Lipinski definition) is 6. The van der Waals surface area contributed by atoms with E-state index in [1.54, 1.807) is 36.4 Å². The molecule has 1 fully saturated rings. The maximum absolute atomic E-state index is 12.7. The molecule has 10 heteroatoms. The molecule has 0 atom stereocenters. The Hall–Kier alpha value is -2.53. The molecule has 2 aromatic rings. The average molecular weight is 450 g/mol. The molecule has 30 heavy (non-hydrogen) atoms. The van der Waals surface area contributed by atoms with Gasteiger partial charge < -0.3 is 14.8 Å². The third kappa shape index (κ3) is 5.33. The van der Waals surface area contributed by atoms with E-state index in [-0.39, 0.29) is 10.0 Å². The van der Waals surface area contributed by atoms with Crippen LogP contribution in [-0.2, 0) is 14.8 Å². The molecule has 0 saturated carbocycles. The van der Waals surface area contributed by atoms with Crippen molar-refractivity contribution in [3.8, 4) is 5.75 Å². The number of hydrogen-bond donors (Lipinski definition) is 2. The molecule has 2 aromatic carbocycles. The van der Waals surface area contributed by atoms with Crippen LogP contribution in [0.1, 0.15) is 17.3 Å². The van der Waals surface area contributed by atoms with Gasteiger partial charge in [0.2, 0.25) is 10.0 Å². The molecule has 1 aliphatic heterocycles. The van der Waals surface area contributed by atoms with Crippen LogP contribution in [0.3, 0.4) is 0 Å². The fourth-order valence-corrected chi connectivity index (χ4v) is 4.53. The highest BCUT2D eigenvalue weighted by Gasteiger charge is 2.26. The molecule has 160 valence electrons. The van der Waals surface area contributed by atoms with E-state index in [0.29, 0.717) is 49.9 Å². The Morgan fingerprint density at radius 3 is 2.47 bits per heavy atom. The predicted molar refractivity (Wildman–Crippen MR) is 117 cm³/mol. The molecular formula is C20H23N3O5S2. The van der Waals surface area contributed by atoms with Crippen molar-refractivity contribution in [2.45, 2.75) is 11.8 Å². The van der Waals surface area contributed by atoms with Gasteiger partial charge in [-0.25, -0.2) is 8.42 Å². The summed E-state index contributed by atoms with van der Waals surface area (Å²) in [6, 6.07) is 13.1. The summed E-state index contributed by atoms with van der Waals surface area (Å²) < 4.78 is 37.4. The van der Waals surface area contributed by atoms with Crippen LogP contribution in [0.25, 0.3) is 0 Å². The van der Waals surface area contributed by atoms with Crippen molar-refractivity contribution in [2.24, 2.45) is 0 Å². The molecule has 2 N–H and O–H groups in total. The third-order valence-corrected chi connectivity index (χ3v) is 6.50. The maximum Gasteiger partial charge on any atom is 0.261 e. The number of rotatable bonds is 6. The van der Waals surface area contributed by atoms with Gasteiger partial charge in [0, 0.05) is 18.8 Å². The summed E-state index contributed by atoms with van der Waals surface area (Å²) in [7, 11) is -3.56. The second kappa shape index (κ2) is 9.98. The van der Waals surface area contributed by atoms with Gasteiger partial charge in [-0.1, -0.05) is 12.1 Å². The zero-order chi connectivity index (χ0) is 21.6. The third-order valence-electron chi connectivity index (χ3n) is 4.38. The number of thiocarbonyl (C=S) groups is 1. The lowest BCUT2D eigenvalue weighted by molar-refractivity contribution is 0.0730. The summed E-state index contributed by atoms with van der Waals surface area (Å²) in [5.41, 5.74) is 0.926. The van der Waals surface area contributed by atoms with Crippen LogP contribution in [0.5, 0.6) is 5.75 Å². The molecule has 1 saturated heterocycles. The topological polar surface area (TPSA) is 97.0 Å². The second-order valence-electron chi connectivity index (χ2n) is 6.38. The highest BCUT2D eigenvalue weighted by Crippen LogP contribution is 2.20. The van der Waals surface area contributed by atoms with Crippen molar-refractivity contribution in [1.29, 1.82) is 0 Å². The molecule has 8 nitrogen and oxygen atoms in total. The van der Waals surface area contributed by atoms with Gasteiger partial charge in [0.05, 0.1) is 30.3 Å². The molecule has 0 radical (unpaired) electrons. The summed E-state index contributed by atoms with van der Waals surface area (Å²) in [6.45, 7) is 3.72. The van der Waals surface area contributed by atoms with E-state index in [9.17, 15) is 13.2 Å². The van der Waals surface area contributed by atoms with Gasteiger partial charge in [-0.2, -0.15) is 4.31 Å². The van der Waals surface area contributed by atoms with Crippen LogP contribution in [-0.4, -0.2) is 56.7 Å². The Bertz CT molecular complexity index is 1000. The molecule has 0 bridgehead atoms. The van der Waals surface area contributed by atoms with E-state index in [1.807, 2.05) is 6.92 Å². The van der Waals surface area contributed by atoms with E-state index in [1.165, 1.54) is 16.4 Å². The Kier molecular flexibility index (Phi) is 7.38. The van der Waals surface area contributed by atoms with E-state index in [2.05, 4.69) is 10.6 Å². The largest absolute Gasteiger partial charge is 0.493 e. The molecule has 3 rings (SSSR count). The first-order chi connectivity index (χ1) is 14.4. The quantitative estimate of drug-likeness (QED) is 0.653. The number of carbonyl (C=O) groups excluding carboxylic acids is 1. The van der Waals surface area contributed by atoms with Crippen molar-refractivity contribution < 1.29 is 22.7 Å². The molecule has 0 unspecified atom stereocenters. The summed E-state index contributed by atoms with van der Waals surface area (Å²) in [5, 5.41) is 5.58. The number of carbonyl (C=O) groups is 1. The molecule has 0 spiro atoms. The van der Waals surface area contributed by atoms with Gasteiger partial charge in [0.15, 0.2) is 5.11 Å². The van der Waals surface area contributed by atoms with Crippen molar-refractivity contribution in [3.63, 3.8) is 0 Å². The summed E-state index contributed by atoms with van der Waals surface area (Å²) >= 11 is 5.20. The second-order valence-corrected chi connectivity index (χ2v) is 8.72. The van der Waals surface area contributed by atoms with E-state index in [4.69, 9.17) is 21.7 Å². The van der Waals surface area contributed by atoms with Gasteiger partial charge in [-0.15, -0.1) is 0 Å². The maximum atomic E-state index is 12.7. The van der Waals surface area contributed by atoms with Gasteiger partial charge in [0.1, 0.15) is 5.75 Å². The van der Waals surface area contributed by atoms with Crippen molar-refractivity contribution in [1.82, 2.24) is 9.62 Å². The monoisotopic (exact) mass is 449 g/mol. The molecule has 0 aliphatic carbocycles. The Morgan fingerprint density at radius 1 is 1.13 bits per heavy atom. The first kappa shape index (κ1) is 22.2. The number of amides is 1. The number of nitrogens with zero attached hydrogens (tertiary/aromatic N) is 1. The Balaban J connectivity index is 1.63. The Morgan fingerprint density at radius 2 is 1.80 bits per heavy atom. The number of benzene rings is 2. The SMILES string of the molecule is CCOc1ccccc1C(=O)NC(=S)Nc1ccc(S(=O)(=O)N2CCOCC2)cc1. The molecular weight excluding hydrogens is 426 g/mol. The number of para-hydroxylation sites is 1. The van der Waals surface area contributed by atoms with E-state index in [0.717, 1.165) is 0 Å². The number of sulfonamides is 1. The highest BCUT2D eigenvalue weighted by atomic mass is 32.2. The van der Waals surface area contributed by atoms with Crippen molar-refractivity contribution >= 4 is 38.9 Å². The summed E-state index contributed by atoms with van der Waals surface area (Å²) in [4.78, 5) is 12.7. The fraction of sp³-hybridized carbons (Fsp3) is 0.300. The zero-order valence-corrected chi connectivity index (χ0v) is 18.1. The summed E-state index contributed by atoms with van der Waals surface area (Å²) in [5.74, 6) is 0.0704. The highest BCUT2D eigenvalue weighted by molar-refractivity contribution is 7.89. The standard InChI is InChI=1S/C20H23N3O5S2/c1-2-28-18-6-4-3-5-17(18)19(24)22-20(29)21-15-7-9-16(10-8-15)30(25,26)23-11-13-27-14-12-23/h3-10H,2,11-14H2,1H3,(H2,21,22,24,29). The number of nitrogens with one attached hydrogen (secondary N) is 2. The lowest BCUT2D eigenvalue weighted by atomic mass is 10.2. The zero-order valence-electron chi connectivity index (χ0n) is 16.5. The minimum atomic E-state index is -3.56. The van der Waals surface area contributed by atoms with E-state index < -0.39 is 15.9 Å². The number of anilines is 1. The average Bonchev–Trinajstić information content (AvgIpc) is 2.75. The minimum Gasteiger partial charge on any atom is -0.493 e. The minimum absolute atomic E-state index is 0.0927. The van der Waals surface area contributed by atoms with Crippen LogP contribution >= 0.6 is 12.2 Å². The molecule has 0 aromatic heterocycles. The van der Waals surface area contributed by atoms with Crippen LogP contribution in [0.15, 0.2) is 53.4 Å². The number of ether oxygens (including phenoxy) is 2. The van der Waals surface area contributed by atoms with Gasteiger partial charge >= 0.3 is 0 Å². The smallest absolute Gasteiger partial charge is 0.261 e. The number of morpholine rings is 1. The van der Waals surface area contributed by atoms with Gasteiger partial charge in [-0.3, -0.25) is 10.1 Å². The van der Waals surface area contributed by atoms with Crippen LogP contribution in [0, 0.1) is 0 Å². The first-order valence-electron chi connectivity index (χ1n) is 9.44. The fourth-order valence-electron chi connectivity index (χ4n) is 2.91. The summed E-state index contributed by atoms with van der Waals surface area (Å²) in [6.07, 6.45) is 0. The van der Waals surface area contributed by atoms with Gasteiger partial charge in [0.25, 0.3) is 5.91 Å². The first-order valence-corrected chi connectivity index (χ1v) is 11.3. The Labute approximate surface area is 181 Å². The van der Waals surface area contributed by atoms with Gasteiger partial charge in [-0.05, 0) is 55.5 Å². The van der Waals surface area contributed by atoms with Crippen LogP contribution in [0.4, 0.5) is 5.69 Å². The van der Waals surface area contributed by atoms with Crippen molar-refractivity contribution in [2.75, 3.05) is 38.2 Å². The lowest BCUT2D eigenvalue weighted by Gasteiger charge is -2.26. The van der Waals surface area contributed by atoms with Crippen molar-refractivity contribution in [3.05, 3.63) is 54.1 Å². The van der Waals surface area contributed by atoms with Crippen LogP contribution < -0.4 is 15.4 Å². The molecule has 1 amide bonds. The molecule has 1 aliphatic rings. The lowest BCUT2D eigenvalue weighted by Crippen LogP contribution is -2.40. The van der Waals surface area contributed by atoms with E-state index >= 15 is 0 Å². The normalized spacial score (nSPS) is 14.7. The predicted octanol–water partition coefficient (Wildman–Crippen LogP) is 2.23.